The van der Waals surface area contributed by atoms with E-state index in [4.69, 9.17) is 21.4 Å². The van der Waals surface area contributed by atoms with Crippen LogP contribution in [0.4, 0.5) is 0 Å². The van der Waals surface area contributed by atoms with Crippen LogP contribution >= 0.6 is 11.6 Å². The number of halogens is 1. The van der Waals surface area contributed by atoms with Crippen LogP contribution in [0.15, 0.2) is 0 Å². The molecule has 3 nitrogen and oxygen atoms in total. The molecule has 1 atom stereocenters. The summed E-state index contributed by atoms with van der Waals surface area (Å²) in [5.74, 6) is -0.469. The minimum absolute atomic E-state index is 0.0840. The summed E-state index contributed by atoms with van der Waals surface area (Å²) in [5.41, 5.74) is 0. The molecule has 0 fully saturated rings. The second kappa shape index (κ2) is 7.15. The lowest BCUT2D eigenvalue weighted by atomic mass is 9.96. The zero-order valence-corrected chi connectivity index (χ0v) is 8.88. The fourth-order valence-electron chi connectivity index (χ4n) is 1.30. The maximum Gasteiger partial charge on any atom is 0.333 e. The van der Waals surface area contributed by atoms with Crippen molar-refractivity contribution in [2.75, 3.05) is 12.5 Å². The first kappa shape index (κ1) is 12.7. The minimum Gasteiger partial charge on any atom is -0.479 e. The van der Waals surface area contributed by atoms with Crippen molar-refractivity contribution < 1.29 is 14.6 Å². The van der Waals surface area contributed by atoms with Crippen LogP contribution < -0.4 is 0 Å². The molecule has 13 heavy (non-hydrogen) atoms. The van der Waals surface area contributed by atoms with Crippen molar-refractivity contribution in [2.45, 2.75) is 32.8 Å². The van der Waals surface area contributed by atoms with Gasteiger partial charge in [0.1, 0.15) is 0 Å². The molecule has 0 bridgehead atoms. The van der Waals surface area contributed by atoms with Gasteiger partial charge in [0.2, 0.25) is 0 Å². The smallest absolute Gasteiger partial charge is 0.333 e. The first-order valence-electron chi connectivity index (χ1n) is 4.57. The van der Waals surface area contributed by atoms with E-state index in [0.29, 0.717) is 12.5 Å². The van der Waals surface area contributed by atoms with Crippen LogP contribution in [0.5, 0.6) is 0 Å². The number of carboxylic acids is 1. The molecule has 0 rings (SSSR count). The van der Waals surface area contributed by atoms with Crippen LogP contribution in [0.3, 0.4) is 0 Å². The van der Waals surface area contributed by atoms with Gasteiger partial charge in [-0.1, -0.05) is 26.7 Å². The van der Waals surface area contributed by atoms with Crippen molar-refractivity contribution >= 4 is 17.6 Å². The Morgan fingerprint density at radius 1 is 1.46 bits per heavy atom. The predicted octanol–water partition coefficient (Wildman–Crippen LogP) is 2.13. The summed E-state index contributed by atoms with van der Waals surface area (Å²) in [7, 11) is 0. The zero-order valence-electron chi connectivity index (χ0n) is 8.12. The number of aliphatic carboxylic acids is 1. The van der Waals surface area contributed by atoms with Crippen LogP contribution in [0.2, 0.25) is 0 Å². The molecule has 0 aliphatic carbocycles. The van der Waals surface area contributed by atoms with E-state index in [1.54, 1.807) is 0 Å². The lowest BCUT2D eigenvalue weighted by Crippen LogP contribution is -2.32. The number of hydrogen-bond acceptors (Lipinski definition) is 2. The first-order chi connectivity index (χ1) is 6.17. The fourth-order valence-corrected chi connectivity index (χ4v) is 1.39. The van der Waals surface area contributed by atoms with E-state index in [-0.39, 0.29) is 5.92 Å². The average Bonchev–Trinajstić information content (AvgIpc) is 2.11. The van der Waals surface area contributed by atoms with E-state index in [9.17, 15) is 4.79 Å². The predicted molar refractivity (Wildman–Crippen MR) is 52.2 cm³/mol. The quantitative estimate of drug-likeness (QED) is 0.652. The summed E-state index contributed by atoms with van der Waals surface area (Å²) in [4.78, 5) is 10.8. The Bertz CT molecular complexity index is 146. The third-order valence-corrected chi connectivity index (χ3v) is 2.25. The molecule has 0 radical (unpaired) electrons. The molecule has 78 valence electrons. The lowest BCUT2D eigenvalue weighted by molar-refractivity contribution is -0.154. The molecular formula is C9H17ClO3. The highest BCUT2D eigenvalue weighted by atomic mass is 35.5. The van der Waals surface area contributed by atoms with Crippen LogP contribution in [-0.2, 0) is 9.53 Å². The number of alkyl halides is 1. The number of rotatable bonds is 7. The van der Waals surface area contributed by atoms with Gasteiger partial charge < -0.3 is 9.84 Å². The molecule has 4 heteroatoms. The van der Waals surface area contributed by atoms with E-state index in [0.717, 1.165) is 12.8 Å². The van der Waals surface area contributed by atoms with Crippen LogP contribution in [0, 0.1) is 5.92 Å². The van der Waals surface area contributed by atoms with Crippen molar-refractivity contribution in [1.82, 2.24) is 0 Å². The largest absolute Gasteiger partial charge is 0.479 e. The SMILES string of the molecule is CCC(CC)C(OCCCl)C(=O)O. The van der Waals surface area contributed by atoms with Gasteiger partial charge in [-0.05, 0) is 5.92 Å². The van der Waals surface area contributed by atoms with Crippen molar-refractivity contribution in [3.8, 4) is 0 Å². The number of hydrogen-bond donors (Lipinski definition) is 1. The number of carboxylic acid groups (broad SMARTS) is 1. The molecule has 0 heterocycles. The molecule has 0 aromatic heterocycles. The normalized spacial score (nSPS) is 13.2. The second-order valence-corrected chi connectivity index (χ2v) is 3.27. The second-order valence-electron chi connectivity index (χ2n) is 2.90. The Morgan fingerprint density at radius 3 is 2.31 bits per heavy atom. The maximum atomic E-state index is 10.8. The number of ether oxygens (including phenoxy) is 1. The van der Waals surface area contributed by atoms with Gasteiger partial charge in [-0.25, -0.2) is 4.79 Å². The topological polar surface area (TPSA) is 46.5 Å². The molecule has 0 spiro atoms. The summed E-state index contributed by atoms with van der Waals surface area (Å²) in [6.45, 7) is 4.23. The van der Waals surface area contributed by atoms with Gasteiger partial charge in [0, 0.05) is 5.88 Å². The van der Waals surface area contributed by atoms with Gasteiger partial charge in [-0.3, -0.25) is 0 Å². The average molecular weight is 209 g/mol. The van der Waals surface area contributed by atoms with E-state index in [2.05, 4.69) is 0 Å². The summed E-state index contributed by atoms with van der Waals surface area (Å²) >= 11 is 5.42. The highest BCUT2D eigenvalue weighted by Crippen LogP contribution is 2.16. The van der Waals surface area contributed by atoms with E-state index in [1.165, 1.54) is 0 Å². The van der Waals surface area contributed by atoms with Crippen molar-refractivity contribution in [2.24, 2.45) is 5.92 Å². The van der Waals surface area contributed by atoms with Crippen LogP contribution in [-0.4, -0.2) is 29.7 Å². The van der Waals surface area contributed by atoms with Crippen molar-refractivity contribution in [3.05, 3.63) is 0 Å². The molecule has 0 aliphatic rings. The molecule has 0 saturated carbocycles. The van der Waals surface area contributed by atoms with E-state index in [1.807, 2.05) is 13.8 Å². The van der Waals surface area contributed by atoms with Gasteiger partial charge >= 0.3 is 5.97 Å². The first-order valence-corrected chi connectivity index (χ1v) is 5.11. The van der Waals surface area contributed by atoms with Gasteiger partial charge in [-0.2, -0.15) is 0 Å². The van der Waals surface area contributed by atoms with Crippen LogP contribution in [0.25, 0.3) is 0 Å². The van der Waals surface area contributed by atoms with Crippen molar-refractivity contribution in [3.63, 3.8) is 0 Å². The maximum absolute atomic E-state index is 10.8. The molecule has 0 aromatic carbocycles. The van der Waals surface area contributed by atoms with Gasteiger partial charge in [0.15, 0.2) is 6.10 Å². The Balaban J connectivity index is 4.12. The fraction of sp³-hybridized carbons (Fsp3) is 0.889. The van der Waals surface area contributed by atoms with Crippen LogP contribution in [0.1, 0.15) is 26.7 Å². The van der Waals surface area contributed by atoms with Gasteiger partial charge in [-0.15, -0.1) is 11.6 Å². The molecule has 0 saturated heterocycles. The summed E-state index contributed by atoms with van der Waals surface area (Å²) in [6, 6.07) is 0. The van der Waals surface area contributed by atoms with Crippen molar-refractivity contribution in [1.29, 1.82) is 0 Å². The Kier molecular flexibility index (Phi) is 7.00. The molecule has 1 unspecified atom stereocenters. The van der Waals surface area contributed by atoms with E-state index < -0.39 is 12.1 Å². The highest BCUT2D eigenvalue weighted by Gasteiger charge is 2.25. The highest BCUT2D eigenvalue weighted by molar-refractivity contribution is 6.17. The molecule has 1 N–H and O–H groups in total. The van der Waals surface area contributed by atoms with E-state index >= 15 is 0 Å². The zero-order chi connectivity index (χ0) is 10.3. The minimum atomic E-state index is -0.890. The third-order valence-electron chi connectivity index (χ3n) is 2.09. The molecular weight excluding hydrogens is 192 g/mol. The van der Waals surface area contributed by atoms with Gasteiger partial charge in [0.05, 0.1) is 6.61 Å². The van der Waals surface area contributed by atoms with Gasteiger partial charge in [0.25, 0.3) is 0 Å². The molecule has 0 amide bonds. The monoisotopic (exact) mass is 208 g/mol. The number of carbonyl (C=O) groups is 1. The standard InChI is InChI=1S/C9H17ClO3/c1-3-7(4-2)8(9(11)12)13-6-5-10/h7-8H,3-6H2,1-2H3,(H,11,12). The Morgan fingerprint density at radius 2 is 2.00 bits per heavy atom. The molecule has 0 aromatic rings. The third kappa shape index (κ3) is 4.48. The lowest BCUT2D eigenvalue weighted by Gasteiger charge is -2.21. The Labute approximate surface area is 84.0 Å². The Hall–Kier alpha value is -0.280. The molecule has 0 aliphatic heterocycles. The summed E-state index contributed by atoms with van der Waals surface area (Å²) < 4.78 is 5.17. The summed E-state index contributed by atoms with van der Waals surface area (Å²) in [5, 5.41) is 8.86. The summed E-state index contributed by atoms with van der Waals surface area (Å²) in [6.07, 6.45) is 0.930.